The fourth-order valence-corrected chi connectivity index (χ4v) is 3.26. The maximum absolute atomic E-state index is 13.2. The summed E-state index contributed by atoms with van der Waals surface area (Å²) >= 11 is 0. The largest absolute Gasteiger partial charge is 0.497 e. The average Bonchev–Trinajstić information content (AvgIpc) is 2.75. The van der Waals surface area contributed by atoms with Gasteiger partial charge in [0.15, 0.2) is 5.69 Å². The number of fused-ring (bicyclic) bond motifs is 1. The maximum Gasteiger partial charge on any atom is 0.308 e. The minimum absolute atomic E-state index is 0.0556. The second-order valence-corrected chi connectivity index (χ2v) is 7.36. The Morgan fingerprint density at radius 3 is 2.32 bits per heavy atom. The molecule has 1 N–H and O–H groups in total. The minimum atomic E-state index is -0.651. The first-order valence-electron chi connectivity index (χ1n) is 9.90. The Labute approximate surface area is 179 Å². The number of benzene rings is 2. The quantitative estimate of drug-likeness (QED) is 0.587. The number of nitrogens with one attached hydrogen (secondary N) is 1. The molecule has 1 atom stereocenters. The van der Waals surface area contributed by atoms with E-state index < -0.39 is 17.9 Å². The number of hydrogen-bond donors (Lipinski definition) is 1. The lowest BCUT2D eigenvalue weighted by molar-refractivity contribution is -0.147. The predicted octanol–water partition coefficient (Wildman–Crippen LogP) is 2.75. The smallest absolute Gasteiger partial charge is 0.308 e. The number of rotatable bonds is 7. The topological polar surface area (TPSA) is 99.5 Å². The monoisotopic (exact) mass is 423 g/mol. The number of hydrogen-bond acceptors (Lipinski definition) is 6. The van der Waals surface area contributed by atoms with Crippen molar-refractivity contribution in [3.05, 3.63) is 70.1 Å². The van der Waals surface area contributed by atoms with Gasteiger partial charge in [-0.1, -0.05) is 30.3 Å². The van der Waals surface area contributed by atoms with Crippen LogP contribution in [0.25, 0.3) is 10.8 Å². The van der Waals surface area contributed by atoms with Gasteiger partial charge in [-0.25, -0.2) is 4.68 Å². The third-order valence-electron chi connectivity index (χ3n) is 4.73. The molecule has 3 aromatic rings. The van der Waals surface area contributed by atoms with Crippen molar-refractivity contribution in [2.24, 2.45) is 7.05 Å². The number of esters is 1. The van der Waals surface area contributed by atoms with Gasteiger partial charge >= 0.3 is 5.97 Å². The summed E-state index contributed by atoms with van der Waals surface area (Å²) in [6.07, 6.45) is -0.325. The molecule has 1 heterocycles. The lowest BCUT2D eigenvalue weighted by atomic mass is 10.0. The number of carbonyl (C=O) groups is 2. The van der Waals surface area contributed by atoms with Crippen LogP contribution in [0, 0.1) is 0 Å². The lowest BCUT2D eigenvalue weighted by Gasteiger charge is -2.20. The highest BCUT2D eigenvalue weighted by Crippen LogP contribution is 2.22. The molecule has 31 heavy (non-hydrogen) atoms. The van der Waals surface area contributed by atoms with Crippen LogP contribution in [0.3, 0.4) is 0 Å². The Kier molecular flexibility index (Phi) is 6.69. The molecule has 1 aromatic heterocycles. The zero-order chi connectivity index (χ0) is 22.5. The zero-order valence-electron chi connectivity index (χ0n) is 17.9. The summed E-state index contributed by atoms with van der Waals surface area (Å²) in [5.74, 6) is -0.274. The summed E-state index contributed by atoms with van der Waals surface area (Å²) in [6, 6.07) is 13.2. The molecule has 8 heteroatoms. The molecule has 0 fully saturated rings. The number of nitrogens with zero attached hydrogens (tertiary/aromatic N) is 2. The molecule has 162 valence electrons. The van der Waals surface area contributed by atoms with Gasteiger partial charge in [0.25, 0.3) is 11.5 Å². The molecule has 0 spiro atoms. The highest BCUT2D eigenvalue weighted by Gasteiger charge is 2.23. The fourth-order valence-electron chi connectivity index (χ4n) is 3.26. The van der Waals surface area contributed by atoms with E-state index in [9.17, 15) is 14.4 Å². The molecule has 8 nitrogen and oxygen atoms in total. The van der Waals surface area contributed by atoms with Crippen molar-refractivity contribution >= 4 is 22.6 Å². The van der Waals surface area contributed by atoms with Gasteiger partial charge in [0, 0.05) is 12.4 Å². The van der Waals surface area contributed by atoms with Gasteiger partial charge in [-0.2, -0.15) is 5.10 Å². The summed E-state index contributed by atoms with van der Waals surface area (Å²) in [7, 11) is 3.05. The van der Waals surface area contributed by atoms with Crippen LogP contribution in [0.5, 0.6) is 5.75 Å². The Hall–Kier alpha value is -3.68. The van der Waals surface area contributed by atoms with Crippen LogP contribution in [0.4, 0.5) is 0 Å². The van der Waals surface area contributed by atoms with Crippen LogP contribution in [0.2, 0.25) is 0 Å². The normalized spacial score (nSPS) is 11.9. The number of ether oxygens (including phenoxy) is 2. The predicted molar refractivity (Wildman–Crippen MR) is 116 cm³/mol. The standard InChI is InChI=1S/C23H25N3O5/c1-14(2)31-20(27)13-19(15-9-11-16(30-4)12-10-15)24-22(28)21-17-7-5-6-8-18(17)23(29)26(3)25-21/h5-12,14,19H,13H2,1-4H3,(H,24,28). The van der Waals surface area contributed by atoms with E-state index in [4.69, 9.17) is 9.47 Å². The highest BCUT2D eigenvalue weighted by atomic mass is 16.5. The number of carbonyl (C=O) groups excluding carboxylic acids is 2. The number of methoxy groups -OCH3 is 1. The maximum atomic E-state index is 13.2. The second-order valence-electron chi connectivity index (χ2n) is 7.36. The molecular formula is C23H25N3O5. The van der Waals surface area contributed by atoms with Gasteiger partial charge in [0.2, 0.25) is 0 Å². The Morgan fingerprint density at radius 1 is 1.06 bits per heavy atom. The van der Waals surface area contributed by atoms with Crippen LogP contribution in [-0.2, 0) is 16.6 Å². The summed E-state index contributed by atoms with van der Waals surface area (Å²) in [5.41, 5.74) is 0.525. The van der Waals surface area contributed by atoms with Crippen molar-refractivity contribution < 1.29 is 19.1 Å². The number of amides is 1. The Balaban J connectivity index is 1.96. The first-order valence-corrected chi connectivity index (χ1v) is 9.90. The van der Waals surface area contributed by atoms with Crippen molar-refractivity contribution in [2.75, 3.05) is 7.11 Å². The Bertz CT molecular complexity index is 1150. The fraction of sp³-hybridized carbons (Fsp3) is 0.304. The van der Waals surface area contributed by atoms with E-state index in [2.05, 4.69) is 10.4 Å². The molecule has 3 rings (SSSR count). The molecule has 0 aliphatic rings. The summed E-state index contributed by atoms with van der Waals surface area (Å²) in [6.45, 7) is 3.53. The van der Waals surface area contributed by atoms with Gasteiger partial charge in [0.1, 0.15) is 5.75 Å². The molecule has 0 aliphatic heterocycles. The van der Waals surface area contributed by atoms with Crippen molar-refractivity contribution in [3.8, 4) is 5.75 Å². The van der Waals surface area contributed by atoms with Crippen LogP contribution in [0.1, 0.15) is 42.4 Å². The first-order chi connectivity index (χ1) is 14.8. The molecule has 0 saturated heterocycles. The molecule has 1 unspecified atom stereocenters. The molecular weight excluding hydrogens is 398 g/mol. The van der Waals surface area contributed by atoms with Gasteiger partial charge in [-0.05, 0) is 37.6 Å². The first kappa shape index (κ1) is 22.0. The van der Waals surface area contributed by atoms with Crippen molar-refractivity contribution in [3.63, 3.8) is 0 Å². The van der Waals surface area contributed by atoms with Gasteiger partial charge in [0.05, 0.1) is 31.1 Å². The average molecular weight is 423 g/mol. The minimum Gasteiger partial charge on any atom is -0.497 e. The van der Waals surface area contributed by atoms with E-state index in [0.29, 0.717) is 22.1 Å². The van der Waals surface area contributed by atoms with Crippen LogP contribution in [-0.4, -0.2) is 34.9 Å². The second kappa shape index (κ2) is 9.42. The number of aromatic nitrogens is 2. The van der Waals surface area contributed by atoms with Gasteiger partial charge < -0.3 is 14.8 Å². The third kappa shape index (κ3) is 5.09. The number of aryl methyl sites for hydroxylation is 1. The van der Waals surface area contributed by atoms with Crippen LogP contribution in [0.15, 0.2) is 53.3 Å². The van der Waals surface area contributed by atoms with Gasteiger partial charge in [-0.15, -0.1) is 0 Å². The molecule has 1 amide bonds. The van der Waals surface area contributed by atoms with Crippen molar-refractivity contribution in [2.45, 2.75) is 32.4 Å². The summed E-state index contributed by atoms with van der Waals surface area (Å²) in [4.78, 5) is 37.8. The van der Waals surface area contributed by atoms with E-state index in [1.54, 1.807) is 69.5 Å². The SMILES string of the molecule is COc1ccc(C(CC(=O)OC(C)C)NC(=O)c2nn(C)c(=O)c3ccccc23)cc1. The van der Waals surface area contributed by atoms with Crippen LogP contribution < -0.4 is 15.6 Å². The summed E-state index contributed by atoms with van der Waals surface area (Å²) < 4.78 is 11.6. The molecule has 0 aliphatic carbocycles. The summed E-state index contributed by atoms with van der Waals surface area (Å²) in [5, 5.41) is 7.87. The van der Waals surface area contributed by atoms with Crippen molar-refractivity contribution in [1.29, 1.82) is 0 Å². The highest BCUT2D eigenvalue weighted by molar-refractivity contribution is 6.05. The Morgan fingerprint density at radius 2 is 1.71 bits per heavy atom. The van der Waals surface area contributed by atoms with E-state index in [0.717, 1.165) is 4.68 Å². The molecule has 0 saturated carbocycles. The van der Waals surface area contributed by atoms with E-state index in [1.165, 1.54) is 7.05 Å². The molecule has 2 aromatic carbocycles. The van der Waals surface area contributed by atoms with Gasteiger partial charge in [-0.3, -0.25) is 14.4 Å². The third-order valence-corrected chi connectivity index (χ3v) is 4.73. The molecule has 0 radical (unpaired) electrons. The van der Waals surface area contributed by atoms with Crippen molar-refractivity contribution in [1.82, 2.24) is 15.1 Å². The lowest BCUT2D eigenvalue weighted by Crippen LogP contribution is -2.33. The van der Waals surface area contributed by atoms with Crippen LogP contribution >= 0.6 is 0 Å². The van der Waals surface area contributed by atoms with E-state index in [1.807, 2.05) is 0 Å². The molecule has 0 bridgehead atoms. The van der Waals surface area contributed by atoms with E-state index in [-0.39, 0.29) is 23.8 Å². The van der Waals surface area contributed by atoms with E-state index >= 15 is 0 Å². The zero-order valence-corrected chi connectivity index (χ0v) is 17.9.